The molecule has 0 saturated carbocycles. The molecule has 1 heterocycles. The molecule has 0 spiro atoms. The average Bonchev–Trinajstić information content (AvgIpc) is 2.42. The van der Waals surface area contributed by atoms with Crippen LogP contribution in [0.5, 0.6) is 0 Å². The lowest BCUT2D eigenvalue weighted by molar-refractivity contribution is 0.956. The van der Waals surface area contributed by atoms with Crippen molar-refractivity contribution in [3.8, 4) is 0 Å². The summed E-state index contributed by atoms with van der Waals surface area (Å²) in [5.74, 6) is 1.55. The first kappa shape index (κ1) is 14.3. The van der Waals surface area contributed by atoms with E-state index in [2.05, 4.69) is 58.7 Å². The van der Waals surface area contributed by atoms with Gasteiger partial charge in [0.15, 0.2) is 0 Å². The summed E-state index contributed by atoms with van der Waals surface area (Å²) in [5, 5.41) is 6.58. The van der Waals surface area contributed by atoms with Crippen LogP contribution < -0.4 is 10.6 Å². The van der Waals surface area contributed by atoms with E-state index in [1.807, 2.05) is 13.0 Å². The van der Waals surface area contributed by atoms with Gasteiger partial charge in [0.05, 0.1) is 0 Å². The van der Waals surface area contributed by atoms with Gasteiger partial charge in [0.25, 0.3) is 0 Å². The number of hydrogen-bond acceptors (Lipinski definition) is 4. The summed E-state index contributed by atoms with van der Waals surface area (Å²) in [6.45, 7) is 7.88. The molecule has 0 aliphatic carbocycles. The molecule has 20 heavy (non-hydrogen) atoms. The molecular formula is C16H22N4. The predicted molar refractivity (Wildman–Crippen MR) is 84.1 cm³/mol. The van der Waals surface area contributed by atoms with Gasteiger partial charge in [-0.1, -0.05) is 36.8 Å². The van der Waals surface area contributed by atoms with Gasteiger partial charge in [-0.2, -0.15) is 4.98 Å². The summed E-state index contributed by atoms with van der Waals surface area (Å²) in [4.78, 5) is 8.89. The standard InChI is InChI=1S/C16H22N4/c1-4-8-17-15-10-13(3)19-16(20-15)18-11-14-7-5-6-12(2)9-14/h5-7,9-10H,4,8,11H2,1-3H3,(H2,17,18,19,20). The summed E-state index contributed by atoms with van der Waals surface area (Å²) in [7, 11) is 0. The highest BCUT2D eigenvalue weighted by Gasteiger charge is 2.02. The Balaban J connectivity index is 2.03. The van der Waals surface area contributed by atoms with Crippen LogP contribution in [-0.2, 0) is 6.54 Å². The quantitative estimate of drug-likeness (QED) is 0.843. The van der Waals surface area contributed by atoms with Crippen LogP contribution in [0.2, 0.25) is 0 Å². The molecule has 0 aliphatic heterocycles. The zero-order valence-electron chi connectivity index (χ0n) is 12.4. The van der Waals surface area contributed by atoms with Gasteiger partial charge in [-0.15, -0.1) is 0 Å². The molecule has 4 heteroatoms. The van der Waals surface area contributed by atoms with E-state index in [0.29, 0.717) is 5.95 Å². The Hall–Kier alpha value is -2.10. The second kappa shape index (κ2) is 6.89. The van der Waals surface area contributed by atoms with E-state index < -0.39 is 0 Å². The van der Waals surface area contributed by atoms with Crippen molar-refractivity contribution in [3.63, 3.8) is 0 Å². The lowest BCUT2D eigenvalue weighted by Crippen LogP contribution is -2.08. The minimum Gasteiger partial charge on any atom is -0.370 e. The Morgan fingerprint density at radius 1 is 1.05 bits per heavy atom. The molecule has 106 valence electrons. The van der Waals surface area contributed by atoms with Gasteiger partial charge in [0.1, 0.15) is 5.82 Å². The maximum atomic E-state index is 4.48. The second-order valence-electron chi connectivity index (χ2n) is 4.99. The van der Waals surface area contributed by atoms with E-state index in [9.17, 15) is 0 Å². The third kappa shape index (κ3) is 4.23. The number of anilines is 2. The first-order valence-electron chi connectivity index (χ1n) is 7.06. The van der Waals surface area contributed by atoms with Crippen LogP contribution in [0.15, 0.2) is 30.3 Å². The SMILES string of the molecule is CCCNc1cc(C)nc(NCc2cccc(C)c2)n1. The molecule has 0 atom stereocenters. The molecule has 0 bridgehead atoms. The lowest BCUT2D eigenvalue weighted by Gasteiger charge is -2.09. The first-order chi connectivity index (χ1) is 9.67. The van der Waals surface area contributed by atoms with Gasteiger partial charge in [0, 0.05) is 24.8 Å². The number of nitrogens with zero attached hydrogens (tertiary/aromatic N) is 2. The zero-order chi connectivity index (χ0) is 14.4. The fourth-order valence-electron chi connectivity index (χ4n) is 1.99. The average molecular weight is 270 g/mol. The maximum absolute atomic E-state index is 4.48. The topological polar surface area (TPSA) is 49.8 Å². The Bertz CT molecular complexity index is 566. The van der Waals surface area contributed by atoms with Crippen molar-refractivity contribution in [1.82, 2.24) is 9.97 Å². The molecule has 0 aliphatic rings. The number of hydrogen-bond donors (Lipinski definition) is 2. The van der Waals surface area contributed by atoms with Gasteiger partial charge >= 0.3 is 0 Å². The number of nitrogens with one attached hydrogen (secondary N) is 2. The molecule has 2 rings (SSSR count). The fraction of sp³-hybridized carbons (Fsp3) is 0.375. The molecule has 2 N–H and O–H groups in total. The summed E-state index contributed by atoms with van der Waals surface area (Å²) in [5.41, 5.74) is 3.46. The third-order valence-electron chi connectivity index (χ3n) is 2.94. The van der Waals surface area contributed by atoms with E-state index >= 15 is 0 Å². The van der Waals surface area contributed by atoms with Gasteiger partial charge < -0.3 is 10.6 Å². The molecule has 0 unspecified atom stereocenters. The van der Waals surface area contributed by atoms with Crippen LogP contribution in [0.3, 0.4) is 0 Å². The highest BCUT2D eigenvalue weighted by atomic mass is 15.1. The summed E-state index contributed by atoms with van der Waals surface area (Å²) in [6, 6.07) is 10.4. The largest absolute Gasteiger partial charge is 0.370 e. The molecule has 4 nitrogen and oxygen atoms in total. The molecule has 1 aromatic carbocycles. The van der Waals surface area contributed by atoms with Crippen molar-refractivity contribution in [2.24, 2.45) is 0 Å². The van der Waals surface area contributed by atoms with E-state index in [0.717, 1.165) is 31.0 Å². The molecule has 0 fully saturated rings. The number of benzene rings is 1. The van der Waals surface area contributed by atoms with E-state index in [-0.39, 0.29) is 0 Å². The van der Waals surface area contributed by atoms with Gasteiger partial charge in [0.2, 0.25) is 5.95 Å². The molecule has 0 radical (unpaired) electrons. The van der Waals surface area contributed by atoms with Crippen LogP contribution in [0.1, 0.15) is 30.2 Å². The highest BCUT2D eigenvalue weighted by Crippen LogP contribution is 2.11. The molecule has 0 amide bonds. The monoisotopic (exact) mass is 270 g/mol. The minimum absolute atomic E-state index is 0.671. The Morgan fingerprint density at radius 2 is 1.90 bits per heavy atom. The normalized spacial score (nSPS) is 10.3. The Kier molecular flexibility index (Phi) is 4.93. The summed E-state index contributed by atoms with van der Waals surface area (Å²) in [6.07, 6.45) is 1.08. The van der Waals surface area contributed by atoms with E-state index in [1.54, 1.807) is 0 Å². The second-order valence-corrected chi connectivity index (χ2v) is 4.99. The Morgan fingerprint density at radius 3 is 2.65 bits per heavy atom. The number of rotatable bonds is 6. The van der Waals surface area contributed by atoms with Crippen molar-refractivity contribution < 1.29 is 0 Å². The van der Waals surface area contributed by atoms with Gasteiger partial charge in [-0.3, -0.25) is 0 Å². The molecule has 2 aromatic rings. The molecule has 1 aromatic heterocycles. The van der Waals surface area contributed by atoms with Crippen LogP contribution in [0.25, 0.3) is 0 Å². The molecule has 0 saturated heterocycles. The minimum atomic E-state index is 0.671. The van der Waals surface area contributed by atoms with Gasteiger partial charge in [-0.25, -0.2) is 4.98 Å². The smallest absolute Gasteiger partial charge is 0.225 e. The lowest BCUT2D eigenvalue weighted by atomic mass is 10.1. The van der Waals surface area contributed by atoms with Crippen LogP contribution in [-0.4, -0.2) is 16.5 Å². The third-order valence-corrected chi connectivity index (χ3v) is 2.94. The van der Waals surface area contributed by atoms with Crippen molar-refractivity contribution in [2.45, 2.75) is 33.7 Å². The summed E-state index contributed by atoms with van der Waals surface area (Å²) < 4.78 is 0. The van der Waals surface area contributed by atoms with Crippen LogP contribution in [0.4, 0.5) is 11.8 Å². The number of aryl methyl sites for hydroxylation is 2. The van der Waals surface area contributed by atoms with Gasteiger partial charge in [-0.05, 0) is 25.8 Å². The van der Waals surface area contributed by atoms with Crippen molar-refractivity contribution >= 4 is 11.8 Å². The zero-order valence-corrected chi connectivity index (χ0v) is 12.4. The maximum Gasteiger partial charge on any atom is 0.225 e. The molecular weight excluding hydrogens is 248 g/mol. The summed E-state index contributed by atoms with van der Waals surface area (Å²) >= 11 is 0. The fourth-order valence-corrected chi connectivity index (χ4v) is 1.99. The van der Waals surface area contributed by atoms with Crippen LogP contribution >= 0.6 is 0 Å². The van der Waals surface area contributed by atoms with Crippen molar-refractivity contribution in [3.05, 3.63) is 47.2 Å². The van der Waals surface area contributed by atoms with Crippen molar-refractivity contribution in [1.29, 1.82) is 0 Å². The first-order valence-corrected chi connectivity index (χ1v) is 7.06. The van der Waals surface area contributed by atoms with Crippen LogP contribution in [0, 0.1) is 13.8 Å². The Labute approximate surface area is 120 Å². The van der Waals surface area contributed by atoms with Crippen molar-refractivity contribution in [2.75, 3.05) is 17.2 Å². The van der Waals surface area contributed by atoms with E-state index in [4.69, 9.17) is 0 Å². The predicted octanol–water partition coefficient (Wildman–Crippen LogP) is 3.53. The highest BCUT2D eigenvalue weighted by molar-refractivity contribution is 5.42. The van der Waals surface area contributed by atoms with E-state index in [1.165, 1.54) is 11.1 Å². The number of aromatic nitrogens is 2.